The number of alkyl halides is 2. The van der Waals surface area contributed by atoms with Crippen LogP contribution in [0.15, 0.2) is 24.3 Å². The fraction of sp³-hybridized carbons (Fsp3) is 0.143. The Morgan fingerprint density at radius 1 is 1.09 bits per heavy atom. The molecule has 0 aliphatic rings. The molecular weight excluding hydrogens is 172 g/mol. The summed E-state index contributed by atoms with van der Waals surface area (Å²) in [7, 11) is 0. The highest BCUT2D eigenvalue weighted by atomic mass is 35.5. The third-order valence-electron chi connectivity index (χ3n) is 1.19. The predicted molar refractivity (Wildman–Crippen MR) is 43.1 cm³/mol. The number of nitrogen functional groups attached to an aromatic ring is 1. The van der Waals surface area contributed by atoms with Gasteiger partial charge in [0.2, 0.25) is 0 Å². The van der Waals surface area contributed by atoms with Crippen LogP contribution in [-0.2, 0) is 0 Å². The maximum absolute atomic E-state index is 11.9. The van der Waals surface area contributed by atoms with Crippen LogP contribution in [0.3, 0.4) is 0 Å². The van der Waals surface area contributed by atoms with E-state index in [2.05, 4.69) is 0 Å². The van der Waals surface area contributed by atoms with Crippen LogP contribution in [0.4, 0.5) is 14.5 Å². The maximum atomic E-state index is 11.9. The van der Waals surface area contributed by atoms with Crippen LogP contribution in [-0.4, -0.2) is 0 Å². The molecule has 1 rings (SSSR count). The Balaban J connectivity index is 0.000001000. The average Bonchev–Trinajstić information content (AvgIpc) is 1.88. The van der Waals surface area contributed by atoms with Gasteiger partial charge < -0.3 is 5.73 Å². The summed E-state index contributed by atoms with van der Waals surface area (Å²) in [6.45, 7) is 0. The van der Waals surface area contributed by atoms with E-state index in [0.717, 1.165) is 0 Å². The first kappa shape index (κ1) is 10.2. The van der Waals surface area contributed by atoms with Crippen molar-refractivity contribution in [3.63, 3.8) is 0 Å². The van der Waals surface area contributed by atoms with Crippen molar-refractivity contribution < 1.29 is 8.78 Å². The van der Waals surface area contributed by atoms with Crippen LogP contribution in [0.5, 0.6) is 0 Å². The minimum Gasteiger partial charge on any atom is -0.399 e. The third kappa shape index (κ3) is 2.72. The van der Waals surface area contributed by atoms with E-state index in [-0.39, 0.29) is 18.0 Å². The van der Waals surface area contributed by atoms with E-state index in [9.17, 15) is 8.78 Å². The normalized spacial score (nSPS) is 9.36. The standard InChI is InChI=1S/C7H7F2N.ClH/c8-7(9)5-1-3-6(10)4-2-5;/h1-4,7H,10H2;1H. The molecule has 0 fully saturated rings. The van der Waals surface area contributed by atoms with Gasteiger partial charge in [0, 0.05) is 11.3 Å². The first-order valence-electron chi connectivity index (χ1n) is 2.84. The molecule has 0 amide bonds. The van der Waals surface area contributed by atoms with Gasteiger partial charge in [-0.05, 0) is 12.1 Å². The van der Waals surface area contributed by atoms with E-state index in [0.29, 0.717) is 5.69 Å². The van der Waals surface area contributed by atoms with Crippen molar-refractivity contribution in [2.75, 3.05) is 5.73 Å². The number of hydrogen-bond donors (Lipinski definition) is 1. The molecule has 0 unspecified atom stereocenters. The topological polar surface area (TPSA) is 26.0 Å². The predicted octanol–water partition coefficient (Wildman–Crippen LogP) is 2.63. The largest absolute Gasteiger partial charge is 0.399 e. The first-order chi connectivity index (χ1) is 4.70. The van der Waals surface area contributed by atoms with Crippen LogP contribution in [0.25, 0.3) is 0 Å². The van der Waals surface area contributed by atoms with E-state index in [1.165, 1.54) is 24.3 Å². The van der Waals surface area contributed by atoms with Gasteiger partial charge in [0.1, 0.15) is 0 Å². The molecule has 0 bridgehead atoms. The molecule has 2 N–H and O–H groups in total. The Kier molecular flexibility index (Phi) is 3.82. The first-order valence-corrected chi connectivity index (χ1v) is 2.84. The molecule has 0 heterocycles. The number of rotatable bonds is 1. The fourth-order valence-corrected chi connectivity index (χ4v) is 0.641. The van der Waals surface area contributed by atoms with Gasteiger partial charge in [-0.25, -0.2) is 8.78 Å². The molecule has 1 aromatic carbocycles. The van der Waals surface area contributed by atoms with Gasteiger partial charge >= 0.3 is 0 Å². The zero-order valence-electron chi connectivity index (χ0n) is 5.63. The van der Waals surface area contributed by atoms with Crippen LogP contribution in [0.2, 0.25) is 0 Å². The van der Waals surface area contributed by atoms with Crippen LogP contribution in [0.1, 0.15) is 12.0 Å². The molecule has 0 aromatic heterocycles. The molecule has 1 nitrogen and oxygen atoms in total. The second-order valence-electron chi connectivity index (χ2n) is 1.97. The van der Waals surface area contributed by atoms with Crippen molar-refractivity contribution in [2.24, 2.45) is 0 Å². The molecule has 0 aliphatic heterocycles. The zero-order valence-corrected chi connectivity index (χ0v) is 6.44. The molecule has 0 spiro atoms. The van der Waals surface area contributed by atoms with Gasteiger partial charge in [-0.15, -0.1) is 12.4 Å². The lowest BCUT2D eigenvalue weighted by Crippen LogP contribution is -1.86. The SMILES string of the molecule is Cl.Nc1ccc(C(F)F)cc1. The molecule has 0 aliphatic carbocycles. The van der Waals surface area contributed by atoms with E-state index < -0.39 is 6.43 Å². The van der Waals surface area contributed by atoms with E-state index in [1.807, 2.05) is 0 Å². The third-order valence-corrected chi connectivity index (χ3v) is 1.19. The molecule has 4 heteroatoms. The van der Waals surface area contributed by atoms with Crippen molar-refractivity contribution in [1.29, 1.82) is 0 Å². The van der Waals surface area contributed by atoms with Gasteiger partial charge in [-0.1, -0.05) is 12.1 Å². The summed E-state index contributed by atoms with van der Waals surface area (Å²) in [6, 6.07) is 5.56. The summed E-state index contributed by atoms with van der Waals surface area (Å²) in [5.74, 6) is 0. The Labute approximate surface area is 69.6 Å². The van der Waals surface area contributed by atoms with E-state index in [1.54, 1.807) is 0 Å². The lowest BCUT2D eigenvalue weighted by atomic mass is 10.2. The number of nitrogens with two attached hydrogens (primary N) is 1. The molecule has 0 saturated heterocycles. The lowest BCUT2D eigenvalue weighted by molar-refractivity contribution is 0.151. The van der Waals surface area contributed by atoms with Gasteiger partial charge in [0.15, 0.2) is 0 Å². The second-order valence-corrected chi connectivity index (χ2v) is 1.97. The highest BCUT2D eigenvalue weighted by Crippen LogP contribution is 2.18. The quantitative estimate of drug-likeness (QED) is 0.659. The van der Waals surface area contributed by atoms with Crippen molar-refractivity contribution in [3.05, 3.63) is 29.8 Å². The maximum Gasteiger partial charge on any atom is 0.263 e. The van der Waals surface area contributed by atoms with Gasteiger partial charge in [0.25, 0.3) is 6.43 Å². The summed E-state index contributed by atoms with van der Waals surface area (Å²) >= 11 is 0. The summed E-state index contributed by atoms with van der Waals surface area (Å²) in [5.41, 5.74) is 5.79. The van der Waals surface area contributed by atoms with Crippen molar-refractivity contribution in [3.8, 4) is 0 Å². The van der Waals surface area contributed by atoms with Crippen molar-refractivity contribution >= 4 is 18.1 Å². The molecule has 62 valence electrons. The van der Waals surface area contributed by atoms with Gasteiger partial charge in [0.05, 0.1) is 0 Å². The summed E-state index contributed by atoms with van der Waals surface area (Å²) < 4.78 is 23.7. The van der Waals surface area contributed by atoms with Gasteiger partial charge in [-0.2, -0.15) is 0 Å². The Hall–Kier alpha value is -0.830. The highest BCUT2D eigenvalue weighted by Gasteiger charge is 2.04. The molecule has 1 aromatic rings. The highest BCUT2D eigenvalue weighted by molar-refractivity contribution is 5.85. The second kappa shape index (κ2) is 4.13. The zero-order chi connectivity index (χ0) is 7.56. The average molecular weight is 180 g/mol. The number of benzene rings is 1. The Bertz CT molecular complexity index is 210. The minimum absolute atomic E-state index is 0. The molecule has 0 radical (unpaired) electrons. The van der Waals surface area contributed by atoms with E-state index >= 15 is 0 Å². The summed E-state index contributed by atoms with van der Waals surface area (Å²) in [4.78, 5) is 0. The minimum atomic E-state index is -2.40. The van der Waals surface area contributed by atoms with Crippen LogP contribution < -0.4 is 5.73 Å². The number of halogens is 3. The van der Waals surface area contributed by atoms with Crippen LogP contribution in [0, 0.1) is 0 Å². The monoisotopic (exact) mass is 179 g/mol. The molecule has 0 atom stereocenters. The van der Waals surface area contributed by atoms with Crippen molar-refractivity contribution in [1.82, 2.24) is 0 Å². The molecular formula is C7H8ClF2N. The summed E-state index contributed by atoms with van der Waals surface area (Å²) in [6.07, 6.45) is -2.40. The smallest absolute Gasteiger partial charge is 0.263 e. The van der Waals surface area contributed by atoms with Gasteiger partial charge in [-0.3, -0.25) is 0 Å². The molecule has 0 saturated carbocycles. The number of anilines is 1. The van der Waals surface area contributed by atoms with Crippen LogP contribution >= 0.6 is 12.4 Å². The van der Waals surface area contributed by atoms with Crippen molar-refractivity contribution in [2.45, 2.75) is 6.43 Å². The van der Waals surface area contributed by atoms with E-state index in [4.69, 9.17) is 5.73 Å². The Morgan fingerprint density at radius 2 is 1.55 bits per heavy atom. The lowest BCUT2D eigenvalue weighted by Gasteiger charge is -1.97. The molecule has 11 heavy (non-hydrogen) atoms. The summed E-state index contributed by atoms with van der Waals surface area (Å²) in [5, 5.41) is 0. The fourth-order valence-electron chi connectivity index (χ4n) is 0.641. The number of hydrogen-bond acceptors (Lipinski definition) is 1. The Morgan fingerprint density at radius 3 is 1.91 bits per heavy atom.